The summed E-state index contributed by atoms with van der Waals surface area (Å²) in [5.41, 5.74) is 19.4. The van der Waals surface area contributed by atoms with Crippen LogP contribution in [0.2, 0.25) is 0 Å². The van der Waals surface area contributed by atoms with Crippen LogP contribution in [-0.4, -0.2) is 75.7 Å². The van der Waals surface area contributed by atoms with Crippen molar-refractivity contribution in [1.82, 2.24) is 19.2 Å². The lowest BCUT2D eigenvalue weighted by molar-refractivity contribution is 0.0369. The number of carbonyl (C=O) groups is 2. The van der Waals surface area contributed by atoms with Crippen LogP contribution < -0.4 is 0 Å². The Morgan fingerprint density at radius 2 is 1.90 bits per heavy atom. The molecule has 14 heteroatoms. The van der Waals surface area contributed by atoms with Gasteiger partial charge in [-0.3, -0.25) is 4.79 Å². The third kappa shape index (κ3) is 5.99. The maximum absolute atomic E-state index is 14.0. The van der Waals surface area contributed by atoms with E-state index in [0.29, 0.717) is 31.6 Å². The maximum atomic E-state index is 14.0. The molecule has 1 aromatic carbocycles. The van der Waals surface area contributed by atoms with Gasteiger partial charge >= 0.3 is 6.09 Å². The fourth-order valence-corrected chi connectivity index (χ4v) is 5.47. The number of ether oxygens (including phenoxy) is 2. The number of carbonyl (C=O) groups excluding carboxylic acids is 2. The molecule has 2 aliphatic rings. The number of aromatic nitrogens is 3. The van der Waals surface area contributed by atoms with Crippen LogP contribution in [0, 0.1) is 0 Å². The molecule has 0 bridgehead atoms. The second-order valence-corrected chi connectivity index (χ2v) is 10.7. The van der Waals surface area contributed by atoms with Crippen LogP contribution >= 0.6 is 0 Å². The normalized spacial score (nSPS) is 17.6. The standard InChI is InChI=1S/C27H32N10O4/c1-27(16-30-33-28,17-31-34-29)41-26(39)36-15-18-14-20(8-9-23(18)32-36)37(19-6-7-19)25(38)22-4-3-5-24-21(22)10-11-35(24)12-13-40-2/h3-5,10-11,15,19-20H,6-9,12-14,16-17H2,1-2H3. The van der Waals surface area contributed by atoms with Crippen molar-refractivity contribution in [3.8, 4) is 0 Å². The monoisotopic (exact) mass is 560 g/mol. The highest BCUT2D eigenvalue weighted by Gasteiger charge is 2.40. The average Bonchev–Trinajstić information content (AvgIpc) is 3.56. The molecule has 0 aliphatic heterocycles. The fourth-order valence-electron chi connectivity index (χ4n) is 5.47. The highest BCUT2D eigenvalue weighted by atomic mass is 16.6. The van der Waals surface area contributed by atoms with E-state index in [1.165, 1.54) is 6.92 Å². The van der Waals surface area contributed by atoms with Crippen LogP contribution in [-0.2, 0) is 28.9 Å². The number of amides is 1. The van der Waals surface area contributed by atoms with Crippen LogP contribution in [0.3, 0.4) is 0 Å². The summed E-state index contributed by atoms with van der Waals surface area (Å²) >= 11 is 0. The van der Waals surface area contributed by atoms with Gasteiger partial charge in [-0.1, -0.05) is 16.3 Å². The van der Waals surface area contributed by atoms with E-state index < -0.39 is 11.7 Å². The Bertz CT molecular complexity index is 1520. The summed E-state index contributed by atoms with van der Waals surface area (Å²) < 4.78 is 14.0. The minimum absolute atomic E-state index is 0.0229. The average molecular weight is 561 g/mol. The Kier molecular flexibility index (Phi) is 8.16. The number of benzene rings is 1. The van der Waals surface area contributed by atoms with Crippen molar-refractivity contribution < 1.29 is 19.1 Å². The van der Waals surface area contributed by atoms with E-state index in [1.54, 1.807) is 13.3 Å². The molecule has 0 spiro atoms. The topological polar surface area (TPSA) is 176 Å². The smallest absolute Gasteiger partial charge is 0.435 e. The second kappa shape index (κ2) is 11.9. The molecule has 5 rings (SSSR count). The van der Waals surface area contributed by atoms with E-state index in [1.807, 2.05) is 35.4 Å². The highest BCUT2D eigenvalue weighted by Crippen LogP contribution is 2.36. The van der Waals surface area contributed by atoms with E-state index in [-0.39, 0.29) is 31.1 Å². The van der Waals surface area contributed by atoms with Gasteiger partial charge in [0.1, 0.15) is 5.60 Å². The Morgan fingerprint density at radius 3 is 2.59 bits per heavy atom. The molecule has 0 radical (unpaired) electrons. The van der Waals surface area contributed by atoms with Crippen molar-refractivity contribution in [2.24, 2.45) is 10.2 Å². The number of aryl methyl sites for hydroxylation is 1. The molecule has 2 aliphatic carbocycles. The van der Waals surface area contributed by atoms with E-state index in [0.717, 1.165) is 46.1 Å². The highest BCUT2D eigenvalue weighted by molar-refractivity contribution is 6.07. The molecule has 1 atom stereocenters. The predicted molar refractivity (Wildman–Crippen MR) is 149 cm³/mol. The summed E-state index contributed by atoms with van der Waals surface area (Å²) in [7, 11) is 1.67. The molecule has 3 aromatic rings. The third-order valence-electron chi connectivity index (χ3n) is 7.65. The Labute approximate surface area is 236 Å². The number of azide groups is 2. The first-order valence-electron chi connectivity index (χ1n) is 13.6. The van der Waals surface area contributed by atoms with Gasteiger partial charge in [0, 0.05) is 64.4 Å². The quantitative estimate of drug-likeness (QED) is 0.181. The van der Waals surface area contributed by atoms with Crippen molar-refractivity contribution >= 4 is 22.9 Å². The van der Waals surface area contributed by atoms with Gasteiger partial charge in [0.25, 0.3) is 5.91 Å². The van der Waals surface area contributed by atoms with E-state index in [4.69, 9.17) is 20.5 Å². The first-order valence-corrected chi connectivity index (χ1v) is 13.6. The lowest BCUT2D eigenvalue weighted by Crippen LogP contribution is -2.44. The minimum Gasteiger partial charge on any atom is -0.441 e. The summed E-state index contributed by atoms with van der Waals surface area (Å²) in [5, 5.41) is 12.3. The van der Waals surface area contributed by atoms with Crippen molar-refractivity contribution in [2.45, 2.75) is 63.3 Å². The van der Waals surface area contributed by atoms with Gasteiger partial charge in [-0.05, 0) is 73.9 Å². The number of rotatable bonds is 11. The zero-order valence-corrected chi connectivity index (χ0v) is 23.1. The van der Waals surface area contributed by atoms with Crippen molar-refractivity contribution in [1.29, 1.82) is 0 Å². The van der Waals surface area contributed by atoms with Gasteiger partial charge in [0.05, 0.1) is 25.4 Å². The van der Waals surface area contributed by atoms with Gasteiger partial charge in [-0.2, -0.15) is 9.78 Å². The lowest BCUT2D eigenvalue weighted by atomic mass is 9.91. The molecule has 1 saturated carbocycles. The number of hydrogen-bond acceptors (Lipinski definition) is 7. The van der Waals surface area contributed by atoms with Crippen LogP contribution in [0.15, 0.2) is 46.9 Å². The summed E-state index contributed by atoms with van der Waals surface area (Å²) in [5.74, 6) is 0.0229. The largest absolute Gasteiger partial charge is 0.441 e. The zero-order chi connectivity index (χ0) is 29.0. The molecule has 14 nitrogen and oxygen atoms in total. The van der Waals surface area contributed by atoms with E-state index in [2.05, 4.69) is 29.7 Å². The Hall–Kier alpha value is -4.51. The molecule has 214 valence electrons. The molecule has 0 saturated heterocycles. The fraction of sp³-hybridized carbons (Fsp3) is 0.519. The summed E-state index contributed by atoms with van der Waals surface area (Å²) in [6, 6.07) is 8.01. The Morgan fingerprint density at radius 1 is 1.15 bits per heavy atom. The summed E-state index contributed by atoms with van der Waals surface area (Å²) in [4.78, 5) is 34.5. The van der Waals surface area contributed by atoms with Gasteiger partial charge in [-0.15, -0.1) is 0 Å². The molecule has 1 unspecified atom stereocenters. The molecular formula is C27H32N10O4. The second-order valence-electron chi connectivity index (χ2n) is 10.7. The number of hydrogen-bond donors (Lipinski definition) is 0. The minimum atomic E-state index is -1.32. The number of fused-ring (bicyclic) bond motifs is 2. The van der Waals surface area contributed by atoms with Crippen LogP contribution in [0.1, 0.15) is 47.8 Å². The maximum Gasteiger partial charge on any atom is 0.435 e. The first-order chi connectivity index (χ1) is 19.9. The predicted octanol–water partition coefficient (Wildman–Crippen LogP) is 5.01. The van der Waals surface area contributed by atoms with Gasteiger partial charge in [0.15, 0.2) is 0 Å². The molecule has 2 aromatic heterocycles. The zero-order valence-electron chi connectivity index (χ0n) is 23.1. The van der Waals surface area contributed by atoms with Gasteiger partial charge in [0.2, 0.25) is 0 Å². The van der Waals surface area contributed by atoms with Crippen molar-refractivity contribution in [3.63, 3.8) is 0 Å². The van der Waals surface area contributed by atoms with Crippen LogP contribution in [0.5, 0.6) is 0 Å². The molecule has 2 heterocycles. The molecule has 41 heavy (non-hydrogen) atoms. The van der Waals surface area contributed by atoms with E-state index >= 15 is 0 Å². The molecule has 1 amide bonds. The number of methoxy groups -OCH3 is 1. The molecular weight excluding hydrogens is 528 g/mol. The summed E-state index contributed by atoms with van der Waals surface area (Å²) in [6.45, 7) is 2.43. The van der Waals surface area contributed by atoms with E-state index in [9.17, 15) is 9.59 Å². The summed E-state index contributed by atoms with van der Waals surface area (Å²) in [6.07, 6.45) is 6.73. The Balaban J connectivity index is 1.34. The van der Waals surface area contributed by atoms with Crippen molar-refractivity contribution in [3.05, 3.63) is 74.4 Å². The third-order valence-corrected chi connectivity index (χ3v) is 7.65. The van der Waals surface area contributed by atoms with Crippen molar-refractivity contribution in [2.75, 3.05) is 26.8 Å². The van der Waals surface area contributed by atoms with Crippen LogP contribution in [0.4, 0.5) is 4.79 Å². The SMILES string of the molecule is COCCn1ccc2c(C(=O)N(C3CC3)C3CCc4nn(C(=O)OC(C)(CN=[N+]=[N-])CN=[N+]=[N-])cc4C3)cccc21. The molecule has 0 N–H and O–H groups in total. The lowest BCUT2D eigenvalue weighted by Gasteiger charge is -2.34. The first kappa shape index (κ1) is 28.0. The van der Waals surface area contributed by atoms with Gasteiger partial charge < -0.3 is 18.9 Å². The number of nitrogens with zero attached hydrogens (tertiary/aromatic N) is 10. The van der Waals surface area contributed by atoms with Crippen LogP contribution in [0.25, 0.3) is 31.8 Å². The van der Waals surface area contributed by atoms with Gasteiger partial charge in [-0.25, -0.2) is 4.79 Å². The molecule has 1 fully saturated rings.